The molecule has 14 nitrogen and oxygen atoms in total. The summed E-state index contributed by atoms with van der Waals surface area (Å²) in [6.07, 6.45) is 20.9. The Hall–Kier alpha value is -2.39. The van der Waals surface area contributed by atoms with E-state index in [2.05, 4.69) is 42.6 Å². The second-order valence-corrected chi connectivity index (χ2v) is 15.9. The molecule has 1 saturated heterocycles. The highest BCUT2D eigenvalue weighted by Crippen LogP contribution is 2.24. The molecular weight excluding hydrogens is 775 g/mol. The highest BCUT2D eigenvalue weighted by molar-refractivity contribution is 7.99. The van der Waals surface area contributed by atoms with Gasteiger partial charge in [0, 0.05) is 49.2 Å². The number of hydrogen-bond donors (Lipinski definition) is 7. The van der Waals surface area contributed by atoms with Crippen LogP contribution in [0.5, 0.6) is 0 Å². The second-order valence-electron chi connectivity index (χ2n) is 14.7. The van der Waals surface area contributed by atoms with Crippen molar-refractivity contribution in [3.05, 3.63) is 25.1 Å². The molecule has 0 saturated carbocycles. The molecule has 1 aliphatic rings. The molecule has 0 radical (unpaired) electrons. The third kappa shape index (κ3) is 35.0. The third-order valence-electron chi connectivity index (χ3n) is 9.52. The summed E-state index contributed by atoms with van der Waals surface area (Å²) in [5.41, 5.74) is 6.48. The van der Waals surface area contributed by atoms with Gasteiger partial charge in [0.25, 0.3) is 0 Å². The van der Waals surface area contributed by atoms with Crippen molar-refractivity contribution < 1.29 is 43.9 Å². The van der Waals surface area contributed by atoms with Gasteiger partial charge < -0.3 is 55.6 Å². The number of nitrogens with one attached hydrogen (secondary N) is 2. The van der Waals surface area contributed by atoms with Crippen LogP contribution in [0, 0.1) is 11.8 Å². The fourth-order valence-corrected chi connectivity index (χ4v) is 7.02. The number of rotatable bonds is 38. The van der Waals surface area contributed by atoms with Gasteiger partial charge in [0.05, 0.1) is 58.8 Å². The number of nitrogens with zero attached hydrogens (tertiary/aromatic N) is 1. The van der Waals surface area contributed by atoms with E-state index in [-0.39, 0.29) is 38.2 Å². The number of thioether (sulfide) groups is 1. The van der Waals surface area contributed by atoms with Crippen molar-refractivity contribution >= 4 is 23.6 Å². The Balaban J connectivity index is 0.0000165. The predicted molar refractivity (Wildman–Crippen MR) is 239 cm³/mol. The molecule has 0 aliphatic carbocycles. The highest BCUT2D eigenvalue weighted by atomic mass is 32.2. The van der Waals surface area contributed by atoms with Crippen LogP contribution in [0.15, 0.2) is 25.1 Å². The number of aliphatic hydroxyl groups is 3. The minimum atomic E-state index is -1.09. The molecule has 15 heteroatoms. The van der Waals surface area contributed by atoms with Crippen molar-refractivity contribution in [1.82, 2.24) is 15.6 Å². The Bertz CT molecular complexity index is 1100. The molecule has 9 N–H and O–H groups in total. The molecule has 4 atom stereocenters. The van der Waals surface area contributed by atoms with Crippen molar-refractivity contribution in [2.75, 3.05) is 77.4 Å². The molecule has 0 bridgehead atoms. The van der Waals surface area contributed by atoms with Gasteiger partial charge in [-0.3, -0.25) is 9.59 Å². The molecular formula is C44H83N5O9S. The summed E-state index contributed by atoms with van der Waals surface area (Å²) in [7, 11) is 0. The normalized spacial score (nSPS) is 17.5. The average Bonchev–Trinajstić information content (AvgIpc) is 3.51. The summed E-state index contributed by atoms with van der Waals surface area (Å²) < 4.78 is 21.7. The van der Waals surface area contributed by atoms with Crippen LogP contribution in [0.2, 0.25) is 0 Å². The van der Waals surface area contributed by atoms with Crippen LogP contribution in [0.4, 0.5) is 0 Å². The molecule has 1 fully saturated rings. The molecule has 0 aromatic rings. The molecule has 1 aliphatic heterocycles. The van der Waals surface area contributed by atoms with Gasteiger partial charge in [-0.25, -0.2) is 5.84 Å². The molecule has 344 valence electrons. The summed E-state index contributed by atoms with van der Waals surface area (Å²) in [5, 5.41) is 35.9. The van der Waals surface area contributed by atoms with Gasteiger partial charge >= 0.3 is 0 Å². The minimum absolute atomic E-state index is 0.00895. The number of ether oxygens (including phenoxy) is 4. The van der Waals surface area contributed by atoms with E-state index in [1.165, 1.54) is 93.8 Å². The van der Waals surface area contributed by atoms with Gasteiger partial charge in [0.1, 0.15) is 24.9 Å². The van der Waals surface area contributed by atoms with Gasteiger partial charge in [-0.2, -0.15) is 11.8 Å². The first-order valence-electron chi connectivity index (χ1n) is 22.2. The molecule has 0 aromatic carbocycles. The van der Waals surface area contributed by atoms with E-state index in [0.717, 1.165) is 38.5 Å². The topological polar surface area (TPSA) is 211 Å². The van der Waals surface area contributed by atoms with E-state index in [1.807, 2.05) is 0 Å². The smallest absolute Gasteiger partial charge is 0.246 e. The van der Waals surface area contributed by atoms with Gasteiger partial charge in [-0.05, 0) is 19.3 Å². The zero-order valence-electron chi connectivity index (χ0n) is 36.5. The lowest BCUT2D eigenvalue weighted by Gasteiger charge is -2.15. The molecule has 4 unspecified atom stereocenters. The van der Waals surface area contributed by atoms with E-state index < -0.39 is 24.4 Å². The van der Waals surface area contributed by atoms with E-state index >= 15 is 0 Å². The van der Waals surface area contributed by atoms with Crippen LogP contribution >= 0.6 is 11.8 Å². The molecule has 1 rings (SSSR count). The molecule has 0 aromatic heterocycles. The molecule has 0 spiro atoms. The number of hydrogen-bond acceptors (Lipinski definition) is 13. The summed E-state index contributed by atoms with van der Waals surface area (Å²) in [6, 6.07) is 0. The third-order valence-corrected chi connectivity index (χ3v) is 10.6. The van der Waals surface area contributed by atoms with Crippen LogP contribution in [0.25, 0.3) is 0 Å². The zero-order chi connectivity index (χ0) is 43.6. The van der Waals surface area contributed by atoms with Gasteiger partial charge in [0.2, 0.25) is 11.8 Å². The van der Waals surface area contributed by atoms with Gasteiger partial charge in [0.15, 0.2) is 0 Å². The number of amides is 2. The Morgan fingerprint density at radius 2 is 1.29 bits per heavy atom. The fraction of sp³-hybridized carbons (Fsp3) is 0.818. The minimum Gasteiger partial charge on any atom is -0.399 e. The maximum Gasteiger partial charge on any atom is 0.246 e. The van der Waals surface area contributed by atoms with Crippen LogP contribution < -0.4 is 22.2 Å². The van der Waals surface area contributed by atoms with Crippen LogP contribution in [0.3, 0.4) is 0 Å². The highest BCUT2D eigenvalue weighted by Gasteiger charge is 2.41. The monoisotopic (exact) mass is 858 g/mol. The van der Waals surface area contributed by atoms with Gasteiger partial charge in [-0.1, -0.05) is 90.4 Å². The standard InChI is InChI=1S/C42H79N5O9S.C2H4/c1-2-3-4-5-6-7-8-9-10-11-12-13-14-15-16-17-18-19-20-21-22-39(49)46-31-36(43)32-47(44)24-25-53-26-27-54-28-29-55-34-40(50)45-23-30-57-35-38-42(52)41(51)37(33-48)56-38;1-2/h32,37-38,41-42,48,51-52H,2-12,15-31,33-35,43-44H2,1H3,(H,45,50)(H,46,49);1-2H2/b36-32-;. The lowest BCUT2D eigenvalue weighted by molar-refractivity contribution is -0.126. The Morgan fingerprint density at radius 3 is 1.86 bits per heavy atom. The quantitative estimate of drug-likeness (QED) is 0.0148. The van der Waals surface area contributed by atoms with E-state index in [4.69, 9.17) is 35.6 Å². The number of carbonyl (C=O) groups excluding carboxylic acids is 2. The Morgan fingerprint density at radius 1 is 0.763 bits per heavy atom. The van der Waals surface area contributed by atoms with Crippen molar-refractivity contribution in [3.63, 3.8) is 0 Å². The fourth-order valence-electron chi connectivity index (χ4n) is 6.10. The Kier molecular flexibility index (Phi) is 40.6. The summed E-state index contributed by atoms with van der Waals surface area (Å²) >= 11 is 1.47. The lowest BCUT2D eigenvalue weighted by atomic mass is 10.1. The number of nitrogens with two attached hydrogens (primary N) is 2. The van der Waals surface area contributed by atoms with Crippen LogP contribution in [-0.2, 0) is 28.5 Å². The van der Waals surface area contributed by atoms with E-state index in [9.17, 15) is 19.8 Å². The van der Waals surface area contributed by atoms with Crippen molar-refractivity contribution in [2.45, 2.75) is 153 Å². The number of hydrazine groups is 1. The SMILES string of the molecule is C=C.CCCCCCCCCCCCC#CCCCCCCCCC(=O)NC/C(N)=C/N(N)CCOCCOCCOCC(=O)NCCSCC1OC(CO)C(O)C1O. The molecule has 1 heterocycles. The first-order chi connectivity index (χ1) is 28.8. The molecule has 59 heavy (non-hydrogen) atoms. The van der Waals surface area contributed by atoms with Gasteiger partial charge in [-0.15, -0.1) is 25.0 Å². The number of unbranched alkanes of at least 4 members (excludes halogenated alkanes) is 16. The van der Waals surface area contributed by atoms with Crippen molar-refractivity contribution in [2.24, 2.45) is 11.6 Å². The summed E-state index contributed by atoms with van der Waals surface area (Å²) in [5.74, 6) is 13.5. The lowest BCUT2D eigenvalue weighted by Crippen LogP contribution is -2.34. The first-order valence-corrected chi connectivity index (χ1v) is 23.3. The largest absolute Gasteiger partial charge is 0.399 e. The van der Waals surface area contributed by atoms with Crippen molar-refractivity contribution in [3.8, 4) is 11.8 Å². The van der Waals surface area contributed by atoms with Crippen LogP contribution in [0.1, 0.15) is 129 Å². The van der Waals surface area contributed by atoms with E-state index in [0.29, 0.717) is 63.1 Å². The number of carbonyl (C=O) groups is 2. The Labute approximate surface area is 361 Å². The van der Waals surface area contributed by atoms with E-state index in [1.54, 1.807) is 6.20 Å². The molecule has 2 amide bonds. The van der Waals surface area contributed by atoms with Crippen LogP contribution in [-0.4, -0.2) is 134 Å². The summed E-state index contributed by atoms with van der Waals surface area (Å²) in [6.45, 7) is 10.6. The maximum atomic E-state index is 12.2. The second kappa shape index (κ2) is 42.3. The summed E-state index contributed by atoms with van der Waals surface area (Å²) in [4.78, 5) is 24.1. The zero-order valence-corrected chi connectivity index (χ0v) is 37.3. The average molecular weight is 858 g/mol. The predicted octanol–water partition coefficient (Wildman–Crippen LogP) is 4.70. The maximum absolute atomic E-state index is 12.2. The number of aliphatic hydroxyl groups excluding tert-OH is 3. The first kappa shape index (κ1) is 56.6. The van der Waals surface area contributed by atoms with Crippen molar-refractivity contribution in [1.29, 1.82) is 0 Å².